The Morgan fingerprint density at radius 3 is 2.75 bits per heavy atom. The molecule has 1 heterocycles. The summed E-state index contributed by atoms with van der Waals surface area (Å²) in [7, 11) is 2.02. The lowest BCUT2D eigenvalue weighted by atomic mass is 9.88. The zero-order valence-electron chi connectivity index (χ0n) is 12.0. The third-order valence-corrected chi connectivity index (χ3v) is 3.83. The molecule has 2 rings (SSSR count). The summed E-state index contributed by atoms with van der Waals surface area (Å²) < 4.78 is 5.27. The van der Waals surface area contributed by atoms with Gasteiger partial charge in [-0.1, -0.05) is 11.6 Å². The van der Waals surface area contributed by atoms with Gasteiger partial charge in [-0.2, -0.15) is 0 Å². The van der Waals surface area contributed by atoms with E-state index in [2.05, 4.69) is 10.2 Å². The van der Waals surface area contributed by atoms with Crippen LogP contribution in [0.15, 0.2) is 24.3 Å². The van der Waals surface area contributed by atoms with Crippen LogP contribution in [0.25, 0.3) is 0 Å². The Morgan fingerprint density at radius 2 is 2.15 bits per heavy atom. The zero-order chi connectivity index (χ0) is 14.6. The molecule has 0 radical (unpaired) electrons. The number of benzene rings is 1. The molecular formula is C15H21ClN2O2. The highest BCUT2D eigenvalue weighted by Crippen LogP contribution is 2.27. The SMILES string of the molecule is CCOC(=O)C1(Nc2ccc(Cl)cc2)CCCN(C)C1. The van der Waals surface area contributed by atoms with Crippen LogP contribution in [0.1, 0.15) is 19.8 Å². The Morgan fingerprint density at radius 1 is 1.45 bits per heavy atom. The third-order valence-electron chi connectivity index (χ3n) is 3.58. The molecule has 0 spiro atoms. The van der Waals surface area contributed by atoms with Crippen molar-refractivity contribution in [3.63, 3.8) is 0 Å². The number of likely N-dealkylation sites (tertiary alicyclic amines) is 1. The number of carbonyl (C=O) groups excluding carboxylic acids is 1. The molecule has 1 atom stereocenters. The Bertz CT molecular complexity index is 463. The summed E-state index contributed by atoms with van der Waals surface area (Å²) in [5.41, 5.74) is 0.217. The van der Waals surface area contributed by atoms with Gasteiger partial charge in [0, 0.05) is 17.3 Å². The van der Waals surface area contributed by atoms with E-state index < -0.39 is 5.54 Å². The second kappa shape index (κ2) is 6.46. The topological polar surface area (TPSA) is 41.6 Å². The fourth-order valence-corrected chi connectivity index (χ4v) is 2.79. The number of likely N-dealkylation sites (N-methyl/N-ethyl adjacent to an activating group) is 1. The molecule has 1 saturated heterocycles. The van der Waals surface area contributed by atoms with E-state index in [9.17, 15) is 4.79 Å². The molecule has 110 valence electrons. The first kappa shape index (κ1) is 15.1. The van der Waals surface area contributed by atoms with E-state index in [1.807, 2.05) is 38.2 Å². The summed E-state index contributed by atoms with van der Waals surface area (Å²) in [6.07, 6.45) is 1.74. The number of halogens is 1. The quantitative estimate of drug-likeness (QED) is 0.868. The smallest absolute Gasteiger partial charge is 0.333 e. The summed E-state index contributed by atoms with van der Waals surface area (Å²) in [4.78, 5) is 14.6. The van der Waals surface area contributed by atoms with Crippen LogP contribution in [0.3, 0.4) is 0 Å². The van der Waals surface area contributed by atoms with Gasteiger partial charge in [-0.25, -0.2) is 4.79 Å². The van der Waals surface area contributed by atoms with E-state index in [1.54, 1.807) is 0 Å². The summed E-state index contributed by atoms with van der Waals surface area (Å²) in [6, 6.07) is 7.40. The number of ether oxygens (including phenoxy) is 1. The molecule has 0 aliphatic carbocycles. The van der Waals surface area contributed by atoms with Crippen molar-refractivity contribution in [2.24, 2.45) is 0 Å². The number of nitrogens with zero attached hydrogens (tertiary/aromatic N) is 1. The van der Waals surface area contributed by atoms with Gasteiger partial charge in [0.25, 0.3) is 0 Å². The molecule has 20 heavy (non-hydrogen) atoms. The van der Waals surface area contributed by atoms with Crippen molar-refractivity contribution in [2.75, 3.05) is 32.1 Å². The first-order valence-corrected chi connectivity index (χ1v) is 7.33. The standard InChI is InChI=1S/C15H21ClN2O2/c1-3-20-14(19)15(9-4-10-18(2)11-15)17-13-7-5-12(16)6-8-13/h5-8,17H,3-4,9-11H2,1-2H3. The maximum Gasteiger partial charge on any atom is 0.333 e. The zero-order valence-corrected chi connectivity index (χ0v) is 12.7. The Kier molecular flexibility index (Phi) is 4.89. The minimum absolute atomic E-state index is 0.179. The second-order valence-corrected chi connectivity index (χ2v) is 5.71. The number of rotatable bonds is 4. The summed E-state index contributed by atoms with van der Waals surface area (Å²) in [5.74, 6) is -0.179. The van der Waals surface area contributed by atoms with E-state index in [0.717, 1.165) is 25.1 Å². The average molecular weight is 297 g/mol. The first-order chi connectivity index (χ1) is 9.55. The number of nitrogens with one attached hydrogen (secondary N) is 1. The molecule has 0 bridgehead atoms. The summed E-state index contributed by atoms with van der Waals surface area (Å²) >= 11 is 5.90. The van der Waals surface area contributed by atoms with Crippen LogP contribution in [-0.4, -0.2) is 43.2 Å². The molecule has 1 aromatic carbocycles. The molecule has 1 aliphatic rings. The van der Waals surface area contributed by atoms with Gasteiger partial charge in [0.1, 0.15) is 5.54 Å². The predicted molar refractivity (Wildman–Crippen MR) is 81.2 cm³/mol. The van der Waals surface area contributed by atoms with Crippen molar-refractivity contribution in [3.8, 4) is 0 Å². The van der Waals surface area contributed by atoms with Gasteiger partial charge in [0.2, 0.25) is 0 Å². The molecule has 1 N–H and O–H groups in total. The van der Waals surface area contributed by atoms with E-state index >= 15 is 0 Å². The van der Waals surface area contributed by atoms with Crippen LogP contribution in [0.2, 0.25) is 5.02 Å². The molecule has 5 heteroatoms. The van der Waals surface area contributed by atoms with Crippen LogP contribution in [0.4, 0.5) is 5.69 Å². The Labute approximate surface area is 125 Å². The molecule has 1 unspecified atom stereocenters. The number of anilines is 1. The molecule has 0 saturated carbocycles. The number of hydrogen-bond donors (Lipinski definition) is 1. The minimum Gasteiger partial charge on any atom is -0.464 e. The van der Waals surface area contributed by atoms with Crippen LogP contribution >= 0.6 is 11.6 Å². The maximum atomic E-state index is 12.4. The van der Waals surface area contributed by atoms with Gasteiger partial charge >= 0.3 is 5.97 Å². The molecule has 0 amide bonds. The fraction of sp³-hybridized carbons (Fsp3) is 0.533. The van der Waals surface area contributed by atoms with Crippen molar-refractivity contribution < 1.29 is 9.53 Å². The summed E-state index contributed by atoms with van der Waals surface area (Å²) in [6.45, 7) is 3.88. The Balaban J connectivity index is 2.21. The van der Waals surface area contributed by atoms with Crippen molar-refractivity contribution >= 4 is 23.3 Å². The van der Waals surface area contributed by atoms with Gasteiger partial charge in [-0.3, -0.25) is 0 Å². The lowest BCUT2D eigenvalue weighted by Crippen LogP contribution is -2.57. The molecule has 1 aromatic rings. The fourth-order valence-electron chi connectivity index (χ4n) is 2.67. The molecule has 4 nitrogen and oxygen atoms in total. The lowest BCUT2D eigenvalue weighted by Gasteiger charge is -2.40. The van der Waals surface area contributed by atoms with Crippen molar-refractivity contribution in [2.45, 2.75) is 25.3 Å². The summed E-state index contributed by atoms with van der Waals surface area (Å²) in [5, 5.41) is 4.04. The Hall–Kier alpha value is -1.26. The monoisotopic (exact) mass is 296 g/mol. The average Bonchev–Trinajstić information content (AvgIpc) is 2.42. The second-order valence-electron chi connectivity index (χ2n) is 5.28. The van der Waals surface area contributed by atoms with Gasteiger partial charge in [-0.15, -0.1) is 0 Å². The van der Waals surface area contributed by atoms with Crippen LogP contribution in [-0.2, 0) is 9.53 Å². The first-order valence-electron chi connectivity index (χ1n) is 6.95. The molecular weight excluding hydrogens is 276 g/mol. The molecule has 1 aliphatic heterocycles. The van der Waals surface area contributed by atoms with Crippen molar-refractivity contribution in [1.82, 2.24) is 4.90 Å². The highest BCUT2D eigenvalue weighted by Gasteiger charge is 2.42. The number of hydrogen-bond acceptors (Lipinski definition) is 4. The third kappa shape index (κ3) is 3.44. The highest BCUT2D eigenvalue weighted by molar-refractivity contribution is 6.30. The van der Waals surface area contributed by atoms with E-state index in [1.165, 1.54) is 0 Å². The lowest BCUT2D eigenvalue weighted by molar-refractivity contribution is -0.150. The molecule has 1 fully saturated rings. The predicted octanol–water partition coefficient (Wildman–Crippen LogP) is 2.78. The van der Waals surface area contributed by atoms with Crippen LogP contribution in [0, 0.1) is 0 Å². The van der Waals surface area contributed by atoms with Crippen molar-refractivity contribution in [3.05, 3.63) is 29.3 Å². The molecule has 0 aromatic heterocycles. The number of carbonyl (C=O) groups is 1. The van der Waals surface area contributed by atoms with Gasteiger partial charge in [0.15, 0.2) is 0 Å². The van der Waals surface area contributed by atoms with Crippen LogP contribution in [0.5, 0.6) is 0 Å². The maximum absolute atomic E-state index is 12.4. The van der Waals surface area contributed by atoms with Gasteiger partial charge in [0.05, 0.1) is 6.61 Å². The number of piperidine rings is 1. The van der Waals surface area contributed by atoms with Crippen LogP contribution < -0.4 is 5.32 Å². The number of esters is 1. The highest BCUT2D eigenvalue weighted by atomic mass is 35.5. The minimum atomic E-state index is -0.670. The van der Waals surface area contributed by atoms with E-state index in [0.29, 0.717) is 18.2 Å². The van der Waals surface area contributed by atoms with E-state index in [4.69, 9.17) is 16.3 Å². The largest absolute Gasteiger partial charge is 0.464 e. The van der Waals surface area contributed by atoms with Gasteiger partial charge < -0.3 is 15.0 Å². The normalized spacial score (nSPS) is 23.4. The van der Waals surface area contributed by atoms with Gasteiger partial charge in [-0.05, 0) is 57.6 Å². The van der Waals surface area contributed by atoms with E-state index in [-0.39, 0.29) is 5.97 Å². The van der Waals surface area contributed by atoms with Crippen molar-refractivity contribution in [1.29, 1.82) is 0 Å².